The van der Waals surface area contributed by atoms with Gasteiger partial charge >= 0.3 is 11.9 Å². The Balaban J connectivity index is 4.40. The van der Waals surface area contributed by atoms with Crippen molar-refractivity contribution in [3.05, 3.63) is 122 Å². The second-order valence-corrected chi connectivity index (χ2v) is 18.8. The Kier molecular flexibility index (Phi) is 56.5. The van der Waals surface area contributed by atoms with E-state index in [9.17, 15) is 9.59 Å². The van der Waals surface area contributed by atoms with Crippen LogP contribution in [-0.2, 0) is 23.8 Å². The molecule has 0 saturated carbocycles. The van der Waals surface area contributed by atoms with E-state index in [1.165, 1.54) is 103 Å². The van der Waals surface area contributed by atoms with Gasteiger partial charge in [-0.3, -0.25) is 9.59 Å². The molecule has 0 fully saturated rings. The van der Waals surface area contributed by atoms with Crippen molar-refractivity contribution in [3.8, 4) is 0 Å². The van der Waals surface area contributed by atoms with Gasteiger partial charge in [-0.05, 0) is 135 Å². The smallest absolute Gasteiger partial charge is 0.306 e. The molecule has 0 heterocycles. The summed E-state index contributed by atoms with van der Waals surface area (Å²) in [6, 6.07) is 0. The summed E-state index contributed by atoms with van der Waals surface area (Å²) in [5, 5.41) is 0. The fraction of sp³-hybridized carbons (Fsp3) is 0.662. The summed E-state index contributed by atoms with van der Waals surface area (Å²) in [5.41, 5.74) is 0. The van der Waals surface area contributed by atoms with Gasteiger partial charge < -0.3 is 14.2 Å². The molecule has 1 atom stereocenters. The summed E-state index contributed by atoms with van der Waals surface area (Å²) in [6.07, 6.45) is 83.6. The van der Waals surface area contributed by atoms with Crippen LogP contribution in [0.15, 0.2) is 122 Å². The zero-order valence-electron chi connectivity index (χ0n) is 45.7. The predicted molar refractivity (Wildman–Crippen MR) is 306 cm³/mol. The first-order valence-corrected chi connectivity index (χ1v) is 29.1. The lowest BCUT2D eigenvalue weighted by molar-refractivity contribution is -0.163. The molecule has 0 amide bonds. The molecular weight excluding hydrogens is 861 g/mol. The van der Waals surface area contributed by atoms with E-state index < -0.39 is 6.10 Å². The van der Waals surface area contributed by atoms with Crippen LogP contribution in [0.3, 0.4) is 0 Å². The molecule has 0 aliphatic heterocycles. The fourth-order valence-corrected chi connectivity index (χ4v) is 7.63. The largest absolute Gasteiger partial charge is 0.462 e. The maximum atomic E-state index is 12.9. The molecular formula is C65H108O5. The maximum absolute atomic E-state index is 12.9. The van der Waals surface area contributed by atoms with E-state index in [4.69, 9.17) is 14.2 Å². The molecule has 5 nitrogen and oxygen atoms in total. The number of esters is 2. The third-order valence-corrected chi connectivity index (χ3v) is 12.0. The first-order valence-electron chi connectivity index (χ1n) is 29.1. The second kappa shape index (κ2) is 59.6. The number of hydrogen-bond acceptors (Lipinski definition) is 5. The number of hydrogen-bond donors (Lipinski definition) is 0. The third kappa shape index (κ3) is 56.9. The quantitative estimate of drug-likeness (QED) is 0.0345. The Bertz CT molecular complexity index is 1420. The third-order valence-electron chi connectivity index (χ3n) is 12.0. The highest BCUT2D eigenvalue weighted by Gasteiger charge is 2.17. The molecule has 0 N–H and O–H groups in total. The molecule has 0 saturated heterocycles. The zero-order chi connectivity index (χ0) is 50.6. The molecule has 0 rings (SSSR count). The lowest BCUT2D eigenvalue weighted by Gasteiger charge is -2.18. The van der Waals surface area contributed by atoms with E-state index >= 15 is 0 Å². The maximum Gasteiger partial charge on any atom is 0.306 e. The highest BCUT2D eigenvalue weighted by Crippen LogP contribution is 2.13. The summed E-state index contributed by atoms with van der Waals surface area (Å²) >= 11 is 0. The molecule has 70 heavy (non-hydrogen) atoms. The Morgan fingerprint density at radius 2 is 0.643 bits per heavy atom. The summed E-state index contributed by atoms with van der Waals surface area (Å²) in [6.45, 7) is 7.59. The van der Waals surface area contributed by atoms with Crippen molar-refractivity contribution in [2.45, 2.75) is 258 Å². The van der Waals surface area contributed by atoms with Crippen molar-refractivity contribution in [2.24, 2.45) is 0 Å². The zero-order valence-corrected chi connectivity index (χ0v) is 45.7. The van der Waals surface area contributed by atoms with Crippen molar-refractivity contribution >= 4 is 11.9 Å². The van der Waals surface area contributed by atoms with Gasteiger partial charge in [0, 0.05) is 19.4 Å². The number of allylic oxidation sites excluding steroid dienone is 20. The van der Waals surface area contributed by atoms with Gasteiger partial charge in [0.05, 0.1) is 6.61 Å². The van der Waals surface area contributed by atoms with Gasteiger partial charge in [0.2, 0.25) is 0 Å². The van der Waals surface area contributed by atoms with Crippen LogP contribution < -0.4 is 0 Å². The lowest BCUT2D eigenvalue weighted by atomic mass is 10.1. The molecule has 0 aromatic heterocycles. The SMILES string of the molecule is CC/C=C\C/C=C\C/C=C\C/C=C\C/C=C\CCCCCC(=O)OCC(COCCCCCCCCC/C=C\C/C=C\C/C=C\CCCCC)OC(=O)CCCCCCC/C=C\C/C=C\CCCCC. The van der Waals surface area contributed by atoms with Crippen LogP contribution in [0.2, 0.25) is 0 Å². The fourth-order valence-electron chi connectivity index (χ4n) is 7.63. The van der Waals surface area contributed by atoms with Gasteiger partial charge in [-0.15, -0.1) is 0 Å². The van der Waals surface area contributed by atoms with Gasteiger partial charge in [-0.25, -0.2) is 0 Å². The molecule has 398 valence electrons. The lowest BCUT2D eigenvalue weighted by Crippen LogP contribution is -2.30. The summed E-state index contributed by atoms with van der Waals surface area (Å²) in [5.74, 6) is -0.459. The van der Waals surface area contributed by atoms with Crippen LogP contribution in [0.1, 0.15) is 252 Å². The highest BCUT2D eigenvalue weighted by molar-refractivity contribution is 5.70. The van der Waals surface area contributed by atoms with Gasteiger partial charge in [-0.2, -0.15) is 0 Å². The van der Waals surface area contributed by atoms with Crippen LogP contribution in [-0.4, -0.2) is 37.9 Å². The second-order valence-electron chi connectivity index (χ2n) is 18.8. The minimum absolute atomic E-state index is 0.0511. The molecule has 5 heteroatoms. The van der Waals surface area contributed by atoms with Crippen LogP contribution in [0.25, 0.3) is 0 Å². The van der Waals surface area contributed by atoms with Crippen molar-refractivity contribution in [2.75, 3.05) is 19.8 Å². The van der Waals surface area contributed by atoms with Gasteiger partial charge in [0.1, 0.15) is 6.61 Å². The Morgan fingerprint density at radius 1 is 0.329 bits per heavy atom. The molecule has 0 aliphatic carbocycles. The number of ether oxygens (including phenoxy) is 3. The van der Waals surface area contributed by atoms with E-state index in [0.29, 0.717) is 19.4 Å². The molecule has 0 radical (unpaired) electrons. The topological polar surface area (TPSA) is 61.8 Å². The van der Waals surface area contributed by atoms with Crippen LogP contribution in [0.4, 0.5) is 0 Å². The molecule has 0 spiro atoms. The number of carbonyl (C=O) groups is 2. The minimum atomic E-state index is -0.572. The Hall–Kier alpha value is -3.70. The minimum Gasteiger partial charge on any atom is -0.462 e. The number of carbonyl (C=O) groups excluding carboxylic acids is 2. The van der Waals surface area contributed by atoms with Crippen molar-refractivity contribution in [3.63, 3.8) is 0 Å². The molecule has 1 unspecified atom stereocenters. The molecule has 0 aliphatic rings. The summed E-state index contributed by atoms with van der Waals surface area (Å²) in [7, 11) is 0. The first kappa shape index (κ1) is 66.3. The van der Waals surface area contributed by atoms with Crippen molar-refractivity contribution < 1.29 is 23.8 Å². The van der Waals surface area contributed by atoms with E-state index in [0.717, 1.165) is 116 Å². The number of rotatable bonds is 52. The molecule has 0 aromatic rings. The normalized spacial score (nSPS) is 13.1. The highest BCUT2D eigenvalue weighted by atomic mass is 16.6. The average molecular weight is 970 g/mol. The standard InChI is InChI=1S/C65H108O5/c1-4-7-10-13-16-19-22-25-28-30-32-34-36-39-42-45-48-51-54-57-60-68-61-63(70-65(67)59-56-53-50-47-44-41-37-27-24-21-18-15-12-9-6-3)62-69-64(66)58-55-52-49-46-43-40-38-35-33-31-29-26-23-20-17-14-11-8-5-2/h8,11,16-21,25-29,32-35,37,40,43,63H,4-7,9-10,12-15,22-24,30-31,36,38-39,41-42,44-62H2,1-3H3/b11-8-,19-16-,20-17-,21-18-,28-25-,29-26-,34-32-,35-33-,37-27-,43-40-. The first-order chi connectivity index (χ1) is 34.6. The van der Waals surface area contributed by atoms with Crippen molar-refractivity contribution in [1.29, 1.82) is 0 Å². The van der Waals surface area contributed by atoms with Crippen LogP contribution >= 0.6 is 0 Å². The summed E-state index contributed by atoms with van der Waals surface area (Å²) in [4.78, 5) is 25.5. The van der Waals surface area contributed by atoms with Gasteiger partial charge in [-0.1, -0.05) is 226 Å². The molecule has 0 aromatic carbocycles. The van der Waals surface area contributed by atoms with E-state index in [2.05, 4.69) is 142 Å². The van der Waals surface area contributed by atoms with Crippen LogP contribution in [0, 0.1) is 0 Å². The van der Waals surface area contributed by atoms with Gasteiger partial charge in [0.25, 0.3) is 0 Å². The Labute approximate surface area is 433 Å². The van der Waals surface area contributed by atoms with E-state index in [1.807, 2.05) is 0 Å². The molecule has 0 bridgehead atoms. The Morgan fingerprint density at radius 3 is 1.04 bits per heavy atom. The monoisotopic (exact) mass is 969 g/mol. The average Bonchev–Trinajstić information content (AvgIpc) is 3.36. The van der Waals surface area contributed by atoms with E-state index in [-0.39, 0.29) is 25.2 Å². The van der Waals surface area contributed by atoms with E-state index in [1.54, 1.807) is 0 Å². The number of unbranched alkanes of at least 4 members (excludes halogenated alkanes) is 21. The summed E-state index contributed by atoms with van der Waals surface area (Å²) < 4.78 is 17.4. The van der Waals surface area contributed by atoms with Crippen molar-refractivity contribution in [1.82, 2.24) is 0 Å². The van der Waals surface area contributed by atoms with Crippen LogP contribution in [0.5, 0.6) is 0 Å². The predicted octanol–water partition coefficient (Wildman–Crippen LogP) is 20.1. The van der Waals surface area contributed by atoms with Gasteiger partial charge in [0.15, 0.2) is 6.10 Å².